The second kappa shape index (κ2) is 5.33. The van der Waals surface area contributed by atoms with E-state index in [1.54, 1.807) is 6.07 Å². The molecule has 0 unspecified atom stereocenters. The van der Waals surface area contributed by atoms with Crippen LogP contribution < -0.4 is 10.6 Å². The molecule has 2 aromatic rings. The molecule has 1 aromatic heterocycles. The first-order valence-corrected chi connectivity index (χ1v) is 5.98. The Bertz CT molecular complexity index is 549. The molecule has 92 valence electrons. The van der Waals surface area contributed by atoms with Crippen LogP contribution in [-0.4, -0.2) is 17.1 Å². The summed E-state index contributed by atoms with van der Waals surface area (Å²) in [5.41, 5.74) is 0.716. The van der Waals surface area contributed by atoms with Crippen LogP contribution in [0.5, 0.6) is 0 Å². The summed E-state index contributed by atoms with van der Waals surface area (Å²) in [5, 5.41) is 16.6. The summed E-state index contributed by atoms with van der Waals surface area (Å²) in [4.78, 5) is 22.2. The molecule has 2 amide bonds. The highest BCUT2D eigenvalue weighted by Gasteiger charge is 2.05. The van der Waals surface area contributed by atoms with Crippen LogP contribution in [0.25, 0.3) is 0 Å². The SMILES string of the molecule is O=C(Nc1ccc(C(=O)O)cc1)Nc1cccs1. The summed E-state index contributed by atoms with van der Waals surface area (Å²) in [6.45, 7) is 0. The smallest absolute Gasteiger partial charge is 0.335 e. The van der Waals surface area contributed by atoms with Crippen molar-refractivity contribution in [2.24, 2.45) is 0 Å². The molecule has 0 aliphatic rings. The topological polar surface area (TPSA) is 78.4 Å². The molecule has 6 heteroatoms. The van der Waals surface area contributed by atoms with Gasteiger partial charge in [0.25, 0.3) is 0 Å². The quantitative estimate of drug-likeness (QED) is 0.795. The minimum absolute atomic E-state index is 0.180. The number of carbonyl (C=O) groups is 2. The van der Waals surface area contributed by atoms with Gasteiger partial charge in [-0.05, 0) is 41.8 Å². The van der Waals surface area contributed by atoms with Gasteiger partial charge in [0.05, 0.1) is 10.6 Å². The maximum Gasteiger partial charge on any atom is 0.335 e. The standard InChI is InChI=1S/C12H10N2O3S/c15-11(16)8-3-5-9(6-4-8)13-12(17)14-10-2-1-7-18-10/h1-7H,(H,15,16)(H2,13,14,17). The first-order valence-electron chi connectivity index (χ1n) is 5.10. The van der Waals surface area contributed by atoms with Gasteiger partial charge in [0, 0.05) is 5.69 Å². The Labute approximate surface area is 107 Å². The Hall–Kier alpha value is -2.34. The number of carboxylic acid groups (broad SMARTS) is 1. The molecule has 0 atom stereocenters. The lowest BCUT2D eigenvalue weighted by molar-refractivity contribution is 0.0697. The zero-order valence-electron chi connectivity index (χ0n) is 9.21. The number of hydrogen-bond acceptors (Lipinski definition) is 3. The van der Waals surface area contributed by atoms with E-state index in [0.29, 0.717) is 5.69 Å². The van der Waals surface area contributed by atoms with Crippen molar-refractivity contribution in [3.8, 4) is 0 Å². The summed E-state index contributed by atoms with van der Waals surface area (Å²) in [7, 11) is 0. The van der Waals surface area contributed by atoms with E-state index in [1.165, 1.54) is 35.6 Å². The summed E-state index contributed by atoms with van der Waals surface area (Å²) in [5.74, 6) is -0.996. The third-order valence-electron chi connectivity index (χ3n) is 2.15. The van der Waals surface area contributed by atoms with Gasteiger partial charge in [-0.15, -0.1) is 11.3 Å². The normalized spacial score (nSPS) is 9.78. The fourth-order valence-corrected chi connectivity index (χ4v) is 1.93. The number of aromatic carboxylic acids is 1. The molecule has 0 aliphatic carbocycles. The first kappa shape index (κ1) is 12.1. The van der Waals surface area contributed by atoms with Crippen molar-refractivity contribution in [1.82, 2.24) is 0 Å². The lowest BCUT2D eigenvalue weighted by Gasteiger charge is -2.05. The van der Waals surface area contributed by atoms with Crippen molar-refractivity contribution in [3.05, 3.63) is 47.3 Å². The molecule has 0 fully saturated rings. The molecule has 5 nitrogen and oxygen atoms in total. The van der Waals surface area contributed by atoms with Gasteiger partial charge in [0.2, 0.25) is 0 Å². The third kappa shape index (κ3) is 3.08. The molecule has 0 bridgehead atoms. The number of carboxylic acids is 1. The number of rotatable bonds is 3. The number of hydrogen-bond donors (Lipinski definition) is 3. The average molecular weight is 262 g/mol. The van der Waals surface area contributed by atoms with Crippen molar-refractivity contribution in [3.63, 3.8) is 0 Å². The van der Waals surface area contributed by atoms with Crippen molar-refractivity contribution < 1.29 is 14.7 Å². The number of nitrogens with one attached hydrogen (secondary N) is 2. The van der Waals surface area contributed by atoms with Crippen LogP contribution in [0.1, 0.15) is 10.4 Å². The third-order valence-corrected chi connectivity index (χ3v) is 2.93. The molecule has 18 heavy (non-hydrogen) atoms. The van der Waals surface area contributed by atoms with Crippen molar-refractivity contribution in [2.45, 2.75) is 0 Å². The van der Waals surface area contributed by atoms with E-state index in [4.69, 9.17) is 5.11 Å². The first-order chi connectivity index (χ1) is 8.65. The second-order valence-corrected chi connectivity index (χ2v) is 4.39. The van der Waals surface area contributed by atoms with Gasteiger partial charge in [0.1, 0.15) is 0 Å². The Balaban J connectivity index is 1.97. The average Bonchev–Trinajstić information content (AvgIpc) is 2.82. The molecule has 3 N–H and O–H groups in total. The van der Waals surface area contributed by atoms with Crippen molar-refractivity contribution in [2.75, 3.05) is 10.6 Å². The molecule has 0 spiro atoms. The van der Waals surface area contributed by atoms with Gasteiger partial charge in [0.15, 0.2) is 0 Å². The number of benzene rings is 1. The van der Waals surface area contributed by atoms with E-state index in [1.807, 2.05) is 11.4 Å². The van der Waals surface area contributed by atoms with E-state index in [-0.39, 0.29) is 11.6 Å². The van der Waals surface area contributed by atoms with E-state index in [9.17, 15) is 9.59 Å². The summed E-state index contributed by atoms with van der Waals surface area (Å²) in [6.07, 6.45) is 0. The van der Waals surface area contributed by atoms with Gasteiger partial charge in [-0.25, -0.2) is 9.59 Å². The van der Waals surface area contributed by atoms with Crippen LogP contribution in [0.4, 0.5) is 15.5 Å². The van der Waals surface area contributed by atoms with E-state index in [2.05, 4.69) is 10.6 Å². The van der Waals surface area contributed by atoms with Crippen molar-refractivity contribution in [1.29, 1.82) is 0 Å². The van der Waals surface area contributed by atoms with E-state index in [0.717, 1.165) is 5.00 Å². The summed E-state index contributed by atoms with van der Waals surface area (Å²) >= 11 is 1.42. The fourth-order valence-electron chi connectivity index (χ4n) is 1.32. The summed E-state index contributed by atoms with van der Waals surface area (Å²) in [6, 6.07) is 9.21. The minimum atomic E-state index is -0.996. The maximum atomic E-state index is 11.6. The fraction of sp³-hybridized carbons (Fsp3) is 0. The molecule has 1 aromatic carbocycles. The molecule has 0 radical (unpaired) electrons. The predicted molar refractivity (Wildman–Crippen MR) is 70.4 cm³/mol. The molecule has 2 rings (SSSR count). The molecule has 1 heterocycles. The largest absolute Gasteiger partial charge is 0.478 e. The molecule has 0 saturated heterocycles. The van der Waals surface area contributed by atoms with Gasteiger partial charge in [-0.3, -0.25) is 5.32 Å². The Kier molecular flexibility index (Phi) is 3.59. The van der Waals surface area contributed by atoms with Crippen LogP contribution in [0.15, 0.2) is 41.8 Å². The number of carbonyl (C=O) groups excluding carboxylic acids is 1. The molecule has 0 aliphatic heterocycles. The zero-order chi connectivity index (χ0) is 13.0. The van der Waals surface area contributed by atoms with Gasteiger partial charge >= 0.3 is 12.0 Å². The van der Waals surface area contributed by atoms with Crippen LogP contribution >= 0.6 is 11.3 Å². The monoisotopic (exact) mass is 262 g/mol. The summed E-state index contributed by atoms with van der Waals surface area (Å²) < 4.78 is 0. The highest BCUT2D eigenvalue weighted by molar-refractivity contribution is 7.14. The van der Waals surface area contributed by atoms with E-state index >= 15 is 0 Å². The predicted octanol–water partition coefficient (Wildman–Crippen LogP) is 3.09. The second-order valence-electron chi connectivity index (χ2n) is 3.44. The van der Waals surface area contributed by atoms with Gasteiger partial charge in [-0.1, -0.05) is 0 Å². The maximum absolute atomic E-state index is 11.6. The number of urea groups is 1. The van der Waals surface area contributed by atoms with Gasteiger partial charge < -0.3 is 10.4 Å². The highest BCUT2D eigenvalue weighted by Crippen LogP contribution is 2.16. The molecular formula is C12H10N2O3S. The Morgan fingerprint density at radius 3 is 2.33 bits per heavy atom. The lowest BCUT2D eigenvalue weighted by Crippen LogP contribution is -2.18. The van der Waals surface area contributed by atoms with Crippen LogP contribution in [0, 0.1) is 0 Å². The number of anilines is 2. The lowest BCUT2D eigenvalue weighted by atomic mass is 10.2. The van der Waals surface area contributed by atoms with Gasteiger partial charge in [-0.2, -0.15) is 0 Å². The highest BCUT2D eigenvalue weighted by atomic mass is 32.1. The van der Waals surface area contributed by atoms with Crippen LogP contribution in [-0.2, 0) is 0 Å². The van der Waals surface area contributed by atoms with Crippen LogP contribution in [0.3, 0.4) is 0 Å². The minimum Gasteiger partial charge on any atom is -0.478 e. The van der Waals surface area contributed by atoms with Crippen molar-refractivity contribution >= 4 is 34.0 Å². The Morgan fingerprint density at radius 1 is 1.06 bits per heavy atom. The Morgan fingerprint density at radius 2 is 1.78 bits per heavy atom. The molecule has 0 saturated carbocycles. The number of thiophene rings is 1. The number of amides is 2. The molecular weight excluding hydrogens is 252 g/mol. The zero-order valence-corrected chi connectivity index (χ0v) is 10.0. The van der Waals surface area contributed by atoms with E-state index < -0.39 is 5.97 Å². The van der Waals surface area contributed by atoms with Crippen LogP contribution in [0.2, 0.25) is 0 Å².